The number of fused-ring (bicyclic) bond motifs is 1. The number of nitrogens with one attached hydrogen (secondary N) is 1. The number of hydrogen-bond donors (Lipinski definition) is 1. The summed E-state index contributed by atoms with van der Waals surface area (Å²) in [7, 11) is 0. The third kappa shape index (κ3) is 3.62. The maximum atomic E-state index is 11.8. The molecule has 0 fully saturated rings. The number of thioether (sulfide) groups is 1. The van der Waals surface area contributed by atoms with E-state index in [1.807, 2.05) is 30.5 Å². The number of carbonyl (C=O) groups is 1. The topological polar surface area (TPSA) is 63.6 Å². The van der Waals surface area contributed by atoms with E-state index >= 15 is 0 Å². The summed E-state index contributed by atoms with van der Waals surface area (Å²) in [6.45, 7) is 2.42. The Hall–Kier alpha value is -1.86. The molecule has 108 valence electrons. The summed E-state index contributed by atoms with van der Waals surface area (Å²) in [6, 6.07) is 5.89. The number of ether oxygens (including phenoxy) is 1. The molecule has 1 aromatic heterocycles. The van der Waals surface area contributed by atoms with Crippen molar-refractivity contribution in [2.45, 2.75) is 6.92 Å². The van der Waals surface area contributed by atoms with Crippen LogP contribution in [-0.2, 0) is 4.79 Å². The van der Waals surface area contributed by atoms with Gasteiger partial charge >= 0.3 is 0 Å². The molecule has 0 saturated carbocycles. The summed E-state index contributed by atoms with van der Waals surface area (Å²) in [5.74, 6) is 1.00. The Bertz CT molecular complexity index is 684. The van der Waals surface area contributed by atoms with E-state index in [2.05, 4.69) is 15.3 Å². The Labute approximate surface area is 130 Å². The van der Waals surface area contributed by atoms with Crippen LogP contribution >= 0.6 is 23.1 Å². The Morgan fingerprint density at radius 3 is 3.24 bits per heavy atom. The maximum absolute atomic E-state index is 11.8. The van der Waals surface area contributed by atoms with Gasteiger partial charge in [-0.2, -0.15) is 0 Å². The van der Waals surface area contributed by atoms with Gasteiger partial charge in [0.1, 0.15) is 23.1 Å². The van der Waals surface area contributed by atoms with Crippen LogP contribution < -0.4 is 10.1 Å². The van der Waals surface area contributed by atoms with Crippen LogP contribution in [0.25, 0.3) is 0 Å². The predicted octanol–water partition coefficient (Wildman–Crippen LogP) is 3.25. The minimum Gasteiger partial charge on any atom is -0.484 e. The molecule has 1 aromatic carbocycles. The molecule has 3 rings (SSSR count). The van der Waals surface area contributed by atoms with Crippen LogP contribution in [0.15, 0.2) is 34.8 Å². The molecule has 0 unspecified atom stereocenters. The van der Waals surface area contributed by atoms with Crippen molar-refractivity contribution in [1.82, 2.24) is 4.98 Å². The van der Waals surface area contributed by atoms with Crippen molar-refractivity contribution in [2.24, 2.45) is 4.99 Å². The second kappa shape index (κ2) is 6.28. The summed E-state index contributed by atoms with van der Waals surface area (Å²) in [6.07, 6.45) is 1.66. The Morgan fingerprint density at radius 2 is 2.43 bits per heavy atom. The van der Waals surface area contributed by atoms with Gasteiger partial charge in [0.25, 0.3) is 0 Å². The van der Waals surface area contributed by atoms with Crippen molar-refractivity contribution < 1.29 is 9.53 Å². The molecule has 5 nitrogen and oxygen atoms in total. The number of hydrogen-bond acceptors (Lipinski definition) is 6. The molecular formula is C14H13N3O2S2. The monoisotopic (exact) mass is 319 g/mol. The highest BCUT2D eigenvalue weighted by Gasteiger charge is 2.15. The highest BCUT2D eigenvalue weighted by Crippen LogP contribution is 2.33. The summed E-state index contributed by atoms with van der Waals surface area (Å²) in [5.41, 5.74) is 1.96. The Morgan fingerprint density at radius 1 is 1.52 bits per heavy atom. The van der Waals surface area contributed by atoms with Crippen LogP contribution in [0.3, 0.4) is 0 Å². The van der Waals surface area contributed by atoms with Gasteiger partial charge in [0, 0.05) is 11.6 Å². The molecule has 7 heteroatoms. The number of rotatable bonds is 3. The van der Waals surface area contributed by atoms with E-state index in [4.69, 9.17) is 4.74 Å². The number of carbonyl (C=O) groups excluding carboxylic acids is 1. The highest BCUT2D eigenvalue weighted by atomic mass is 32.2. The average Bonchev–Trinajstić information content (AvgIpc) is 2.98. The number of aliphatic imine (C=N–C) groups is 1. The number of aromatic nitrogens is 1. The van der Waals surface area contributed by atoms with Crippen molar-refractivity contribution in [3.8, 4) is 5.75 Å². The molecule has 1 aliphatic rings. The zero-order chi connectivity index (χ0) is 14.7. The Balaban J connectivity index is 1.59. The number of benzene rings is 1. The first-order valence-corrected chi connectivity index (χ1v) is 8.20. The van der Waals surface area contributed by atoms with E-state index in [0.29, 0.717) is 17.5 Å². The lowest BCUT2D eigenvalue weighted by atomic mass is 10.2. The smallest absolute Gasteiger partial charge is 0.236 e. The molecular weight excluding hydrogens is 306 g/mol. The number of thiazole rings is 1. The van der Waals surface area contributed by atoms with E-state index in [1.54, 1.807) is 6.20 Å². The summed E-state index contributed by atoms with van der Waals surface area (Å²) in [5, 5.41) is 5.98. The first-order valence-electron chi connectivity index (χ1n) is 6.34. The number of aryl methyl sites for hydroxylation is 1. The molecule has 2 heterocycles. The molecule has 1 aliphatic heterocycles. The zero-order valence-corrected chi connectivity index (χ0v) is 13.0. The largest absolute Gasteiger partial charge is 0.484 e. The standard InChI is InChI=1S/C14H13N3O2S2/c1-9-2-3-10-11(6-9)19-7-13(16-10)21-8-12(18)17-14-15-4-5-20-14/h2-6H,7-8H2,1H3,(H,15,17,18). The average molecular weight is 319 g/mol. The van der Waals surface area contributed by atoms with Gasteiger partial charge in [0.15, 0.2) is 5.13 Å². The van der Waals surface area contributed by atoms with E-state index in [-0.39, 0.29) is 5.91 Å². The molecule has 0 aliphatic carbocycles. The van der Waals surface area contributed by atoms with Crippen molar-refractivity contribution in [2.75, 3.05) is 17.7 Å². The molecule has 0 spiro atoms. The minimum absolute atomic E-state index is 0.0904. The van der Waals surface area contributed by atoms with Crippen molar-refractivity contribution in [3.63, 3.8) is 0 Å². The molecule has 0 saturated heterocycles. The second-order valence-corrected chi connectivity index (χ2v) is 6.38. The number of anilines is 1. The zero-order valence-electron chi connectivity index (χ0n) is 11.3. The summed E-state index contributed by atoms with van der Waals surface area (Å²) in [4.78, 5) is 20.3. The summed E-state index contributed by atoms with van der Waals surface area (Å²) >= 11 is 2.78. The first kappa shape index (κ1) is 14.1. The lowest BCUT2D eigenvalue weighted by Gasteiger charge is -2.16. The fourth-order valence-electron chi connectivity index (χ4n) is 1.80. The first-order chi connectivity index (χ1) is 10.2. The van der Waals surface area contributed by atoms with Crippen molar-refractivity contribution in [1.29, 1.82) is 0 Å². The van der Waals surface area contributed by atoms with Gasteiger partial charge in [-0.1, -0.05) is 17.8 Å². The van der Waals surface area contributed by atoms with E-state index in [0.717, 1.165) is 22.0 Å². The lowest BCUT2D eigenvalue weighted by Crippen LogP contribution is -2.18. The van der Waals surface area contributed by atoms with Crippen LogP contribution in [0.4, 0.5) is 10.8 Å². The fourth-order valence-corrected chi connectivity index (χ4v) is 3.02. The van der Waals surface area contributed by atoms with Crippen LogP contribution in [0.2, 0.25) is 0 Å². The second-order valence-electron chi connectivity index (χ2n) is 4.44. The normalized spacial score (nSPS) is 13.1. The van der Waals surface area contributed by atoms with Crippen molar-refractivity contribution in [3.05, 3.63) is 35.3 Å². The van der Waals surface area contributed by atoms with Gasteiger partial charge in [0.05, 0.1) is 5.75 Å². The van der Waals surface area contributed by atoms with Gasteiger partial charge < -0.3 is 10.1 Å². The highest BCUT2D eigenvalue weighted by molar-refractivity contribution is 8.14. The molecule has 0 bridgehead atoms. The molecule has 0 radical (unpaired) electrons. The molecule has 0 atom stereocenters. The molecule has 1 N–H and O–H groups in total. The number of amides is 1. The van der Waals surface area contributed by atoms with Gasteiger partial charge in [0.2, 0.25) is 5.91 Å². The quantitative estimate of drug-likeness (QED) is 0.943. The number of nitrogens with zero attached hydrogens (tertiary/aromatic N) is 2. The molecule has 1 amide bonds. The lowest BCUT2D eigenvalue weighted by molar-refractivity contribution is -0.113. The minimum atomic E-state index is -0.0904. The maximum Gasteiger partial charge on any atom is 0.236 e. The van der Waals surface area contributed by atoms with Crippen LogP contribution in [-0.4, -0.2) is 28.3 Å². The van der Waals surface area contributed by atoms with Crippen LogP contribution in [0, 0.1) is 6.92 Å². The van der Waals surface area contributed by atoms with E-state index < -0.39 is 0 Å². The van der Waals surface area contributed by atoms with Crippen LogP contribution in [0.1, 0.15) is 5.56 Å². The van der Waals surface area contributed by atoms with Crippen molar-refractivity contribution >= 4 is 44.9 Å². The van der Waals surface area contributed by atoms with E-state index in [1.165, 1.54) is 23.1 Å². The Kier molecular flexibility index (Phi) is 4.21. The van der Waals surface area contributed by atoms with Gasteiger partial charge in [-0.05, 0) is 24.6 Å². The van der Waals surface area contributed by atoms with Crippen LogP contribution in [0.5, 0.6) is 5.75 Å². The molecule has 21 heavy (non-hydrogen) atoms. The van der Waals surface area contributed by atoms with Gasteiger partial charge in [-0.25, -0.2) is 9.98 Å². The summed E-state index contributed by atoms with van der Waals surface area (Å²) < 4.78 is 5.66. The molecule has 2 aromatic rings. The predicted molar refractivity (Wildman–Crippen MR) is 87.0 cm³/mol. The van der Waals surface area contributed by atoms with E-state index in [9.17, 15) is 4.79 Å². The third-order valence-electron chi connectivity index (χ3n) is 2.76. The fraction of sp³-hybridized carbons (Fsp3) is 0.214. The van der Waals surface area contributed by atoms with Gasteiger partial charge in [-0.3, -0.25) is 4.79 Å². The van der Waals surface area contributed by atoms with Gasteiger partial charge in [-0.15, -0.1) is 11.3 Å². The SMILES string of the molecule is Cc1ccc2c(c1)OCC(SCC(=O)Nc1nccs1)=N2. The third-order valence-corrected chi connectivity index (χ3v) is 4.40.